The van der Waals surface area contributed by atoms with E-state index in [0.29, 0.717) is 0 Å². The molecule has 106 valence electrons. The summed E-state index contributed by atoms with van der Waals surface area (Å²) in [6, 6.07) is 7.90. The Balaban J connectivity index is 1.89. The number of rotatable bonds is 6. The zero-order valence-corrected chi connectivity index (χ0v) is 11.6. The molecule has 1 fully saturated rings. The Morgan fingerprint density at radius 2 is 2.15 bits per heavy atom. The zero-order chi connectivity index (χ0) is 14.6. The molecular weight excluding hydrogens is 278 g/mol. The number of carbonyl (C=O) groups excluding carboxylic acids is 1. The summed E-state index contributed by atoms with van der Waals surface area (Å²) in [5.41, 5.74) is 0.277. The minimum Gasteiger partial charge on any atom is -0.353 e. The summed E-state index contributed by atoms with van der Waals surface area (Å²) in [4.78, 5) is 11.5. The van der Waals surface area contributed by atoms with Crippen LogP contribution in [-0.2, 0) is 14.8 Å². The van der Waals surface area contributed by atoms with E-state index in [1.54, 1.807) is 0 Å². The second kappa shape index (κ2) is 6.03. The Morgan fingerprint density at radius 1 is 1.40 bits per heavy atom. The first-order valence-electron chi connectivity index (χ1n) is 6.30. The summed E-state index contributed by atoms with van der Waals surface area (Å²) in [5.74, 6) is -0.152. The fourth-order valence-corrected chi connectivity index (χ4v) is 2.72. The second-order valence-electron chi connectivity index (χ2n) is 4.63. The van der Waals surface area contributed by atoms with Gasteiger partial charge in [-0.05, 0) is 31.0 Å². The van der Waals surface area contributed by atoms with E-state index in [4.69, 9.17) is 5.26 Å². The molecular formula is C13H15N3O3S. The van der Waals surface area contributed by atoms with E-state index < -0.39 is 10.0 Å². The highest BCUT2D eigenvalue weighted by atomic mass is 32.2. The SMILES string of the molecule is N#Cc1cccc(S(=O)(=O)NCCC(=O)NC2CC2)c1. The summed E-state index contributed by atoms with van der Waals surface area (Å²) in [5, 5.41) is 11.5. The Bertz CT molecular complexity index is 645. The summed E-state index contributed by atoms with van der Waals surface area (Å²) in [7, 11) is -3.68. The van der Waals surface area contributed by atoms with Gasteiger partial charge >= 0.3 is 0 Å². The van der Waals surface area contributed by atoms with Crippen LogP contribution in [0, 0.1) is 11.3 Å². The van der Waals surface area contributed by atoms with Gasteiger partial charge in [-0.25, -0.2) is 13.1 Å². The highest BCUT2D eigenvalue weighted by molar-refractivity contribution is 7.89. The molecule has 2 N–H and O–H groups in total. The fraction of sp³-hybridized carbons (Fsp3) is 0.385. The van der Waals surface area contributed by atoms with Gasteiger partial charge in [0, 0.05) is 19.0 Å². The lowest BCUT2D eigenvalue weighted by Gasteiger charge is -2.07. The minimum absolute atomic E-state index is 0.0270. The van der Waals surface area contributed by atoms with Crippen LogP contribution in [0.4, 0.5) is 0 Å². The van der Waals surface area contributed by atoms with E-state index in [-0.39, 0.29) is 35.4 Å². The third kappa shape index (κ3) is 4.05. The van der Waals surface area contributed by atoms with Crippen molar-refractivity contribution in [3.8, 4) is 6.07 Å². The third-order valence-corrected chi connectivity index (χ3v) is 4.32. The molecule has 0 aliphatic heterocycles. The molecule has 0 radical (unpaired) electrons. The third-order valence-electron chi connectivity index (χ3n) is 2.86. The lowest BCUT2D eigenvalue weighted by molar-refractivity contribution is -0.121. The molecule has 0 aromatic heterocycles. The lowest BCUT2D eigenvalue weighted by atomic mass is 10.2. The van der Waals surface area contributed by atoms with Gasteiger partial charge in [0.05, 0.1) is 16.5 Å². The maximum absolute atomic E-state index is 12.0. The molecule has 7 heteroatoms. The molecule has 0 saturated heterocycles. The summed E-state index contributed by atoms with van der Waals surface area (Å²) < 4.78 is 26.3. The molecule has 0 atom stereocenters. The van der Waals surface area contributed by atoms with E-state index in [1.165, 1.54) is 24.3 Å². The molecule has 0 spiro atoms. The Kier molecular flexibility index (Phi) is 4.37. The molecule has 20 heavy (non-hydrogen) atoms. The number of hydrogen-bond donors (Lipinski definition) is 2. The Labute approximate surface area is 117 Å². The van der Waals surface area contributed by atoms with Crippen molar-refractivity contribution >= 4 is 15.9 Å². The van der Waals surface area contributed by atoms with Crippen LogP contribution in [0.3, 0.4) is 0 Å². The van der Waals surface area contributed by atoms with Crippen LogP contribution in [0.1, 0.15) is 24.8 Å². The number of carbonyl (C=O) groups is 1. The number of benzene rings is 1. The van der Waals surface area contributed by atoms with Crippen LogP contribution in [0.5, 0.6) is 0 Å². The van der Waals surface area contributed by atoms with E-state index in [2.05, 4.69) is 10.0 Å². The Hall–Kier alpha value is -1.91. The largest absolute Gasteiger partial charge is 0.353 e. The molecule has 0 bridgehead atoms. The van der Waals surface area contributed by atoms with E-state index >= 15 is 0 Å². The molecule has 1 aliphatic rings. The van der Waals surface area contributed by atoms with Gasteiger partial charge in [-0.15, -0.1) is 0 Å². The second-order valence-corrected chi connectivity index (χ2v) is 6.40. The zero-order valence-electron chi connectivity index (χ0n) is 10.8. The van der Waals surface area contributed by atoms with Crippen LogP contribution in [-0.4, -0.2) is 26.9 Å². The Morgan fingerprint density at radius 3 is 2.80 bits per heavy atom. The molecule has 2 rings (SSSR count). The van der Waals surface area contributed by atoms with Crippen LogP contribution in [0.15, 0.2) is 29.2 Å². The first-order chi connectivity index (χ1) is 9.51. The van der Waals surface area contributed by atoms with Gasteiger partial charge in [-0.2, -0.15) is 5.26 Å². The van der Waals surface area contributed by atoms with Gasteiger partial charge in [0.1, 0.15) is 0 Å². The maximum Gasteiger partial charge on any atom is 0.240 e. The molecule has 1 amide bonds. The van der Waals surface area contributed by atoms with Crippen molar-refractivity contribution in [1.82, 2.24) is 10.0 Å². The molecule has 0 unspecified atom stereocenters. The summed E-state index contributed by atoms with van der Waals surface area (Å²) >= 11 is 0. The van der Waals surface area contributed by atoms with Crippen LogP contribution >= 0.6 is 0 Å². The average Bonchev–Trinajstić information content (AvgIpc) is 3.22. The van der Waals surface area contributed by atoms with Gasteiger partial charge in [-0.3, -0.25) is 4.79 Å². The van der Waals surface area contributed by atoms with Crippen LogP contribution in [0.25, 0.3) is 0 Å². The number of sulfonamides is 1. The topological polar surface area (TPSA) is 99.1 Å². The van der Waals surface area contributed by atoms with Crippen molar-refractivity contribution in [2.45, 2.75) is 30.2 Å². The highest BCUT2D eigenvalue weighted by Crippen LogP contribution is 2.18. The predicted octanol–water partition coefficient (Wildman–Crippen LogP) is 0.505. The van der Waals surface area contributed by atoms with Crippen LogP contribution < -0.4 is 10.0 Å². The van der Waals surface area contributed by atoms with Crippen molar-refractivity contribution < 1.29 is 13.2 Å². The number of hydrogen-bond acceptors (Lipinski definition) is 4. The smallest absolute Gasteiger partial charge is 0.240 e. The number of nitrogens with one attached hydrogen (secondary N) is 2. The maximum atomic E-state index is 12.0. The number of amides is 1. The molecule has 1 aromatic carbocycles. The molecule has 1 aromatic rings. The van der Waals surface area contributed by atoms with Crippen molar-refractivity contribution in [3.05, 3.63) is 29.8 Å². The standard InChI is InChI=1S/C13H15N3O3S/c14-9-10-2-1-3-12(8-10)20(18,19)15-7-6-13(17)16-11-4-5-11/h1-3,8,11,15H,4-7H2,(H,16,17). The van der Waals surface area contributed by atoms with Crippen molar-refractivity contribution in [1.29, 1.82) is 5.26 Å². The minimum atomic E-state index is -3.68. The molecule has 1 aliphatic carbocycles. The van der Waals surface area contributed by atoms with E-state index in [0.717, 1.165) is 12.8 Å². The van der Waals surface area contributed by atoms with Gasteiger partial charge in [0.2, 0.25) is 15.9 Å². The number of nitrogens with zero attached hydrogens (tertiary/aromatic N) is 1. The molecule has 0 heterocycles. The molecule has 6 nitrogen and oxygen atoms in total. The average molecular weight is 293 g/mol. The summed E-state index contributed by atoms with van der Waals surface area (Å²) in [6.07, 6.45) is 2.10. The highest BCUT2D eigenvalue weighted by Gasteiger charge is 2.23. The van der Waals surface area contributed by atoms with Gasteiger partial charge in [0.15, 0.2) is 0 Å². The quantitative estimate of drug-likeness (QED) is 0.798. The van der Waals surface area contributed by atoms with E-state index in [9.17, 15) is 13.2 Å². The van der Waals surface area contributed by atoms with Crippen molar-refractivity contribution in [2.24, 2.45) is 0 Å². The molecule has 1 saturated carbocycles. The van der Waals surface area contributed by atoms with Crippen molar-refractivity contribution in [2.75, 3.05) is 6.54 Å². The van der Waals surface area contributed by atoms with Crippen molar-refractivity contribution in [3.63, 3.8) is 0 Å². The van der Waals surface area contributed by atoms with Gasteiger partial charge in [0.25, 0.3) is 0 Å². The predicted molar refractivity (Wildman–Crippen MR) is 72.1 cm³/mol. The first kappa shape index (κ1) is 14.5. The van der Waals surface area contributed by atoms with Gasteiger partial charge < -0.3 is 5.32 Å². The number of nitriles is 1. The normalized spacial score (nSPS) is 14.6. The monoisotopic (exact) mass is 293 g/mol. The van der Waals surface area contributed by atoms with Crippen LogP contribution in [0.2, 0.25) is 0 Å². The fourth-order valence-electron chi connectivity index (χ4n) is 1.64. The van der Waals surface area contributed by atoms with Gasteiger partial charge in [-0.1, -0.05) is 6.07 Å². The lowest BCUT2D eigenvalue weighted by Crippen LogP contribution is -2.31. The summed E-state index contributed by atoms with van der Waals surface area (Å²) in [6.45, 7) is 0.0394. The van der Waals surface area contributed by atoms with E-state index in [1.807, 2.05) is 6.07 Å². The first-order valence-corrected chi connectivity index (χ1v) is 7.79.